The van der Waals surface area contributed by atoms with Gasteiger partial charge in [0.2, 0.25) is 5.78 Å². The number of carbonyl (C=O) groups excluding carboxylic acids is 2. The van der Waals surface area contributed by atoms with Gasteiger partial charge in [-0.25, -0.2) is 4.98 Å². The molecule has 1 aliphatic rings. The lowest BCUT2D eigenvalue weighted by molar-refractivity contribution is -0.130. The minimum absolute atomic E-state index is 0.0425. The summed E-state index contributed by atoms with van der Waals surface area (Å²) in [5.41, 5.74) is 1.93. The molecule has 0 aliphatic carbocycles. The van der Waals surface area contributed by atoms with Crippen LogP contribution in [0, 0.1) is 13.8 Å². The van der Waals surface area contributed by atoms with Gasteiger partial charge in [0.15, 0.2) is 5.76 Å². The molecule has 1 aromatic carbocycles. The molecule has 0 bridgehead atoms. The summed E-state index contributed by atoms with van der Waals surface area (Å²) in [6, 6.07) is 11.8. The second-order valence-corrected chi connectivity index (χ2v) is 8.38. The van der Waals surface area contributed by atoms with Gasteiger partial charge in [0.25, 0.3) is 5.91 Å². The topological polar surface area (TPSA) is 92.6 Å². The normalized spacial score (nSPS) is 16.2. The highest BCUT2D eigenvalue weighted by atomic mass is 32.1. The molecule has 8 heteroatoms. The van der Waals surface area contributed by atoms with Crippen molar-refractivity contribution in [3.05, 3.63) is 86.8 Å². The minimum atomic E-state index is -0.779. The van der Waals surface area contributed by atoms with Gasteiger partial charge in [-0.05, 0) is 43.7 Å². The number of ketones is 1. The van der Waals surface area contributed by atoms with Crippen LogP contribution in [0.15, 0.2) is 60.0 Å². The summed E-state index contributed by atoms with van der Waals surface area (Å²) in [5.74, 6) is -0.962. The number of aliphatic hydroxyl groups is 1. The monoisotopic (exact) mass is 435 g/mol. The van der Waals surface area contributed by atoms with E-state index in [0.717, 1.165) is 5.01 Å². The highest BCUT2D eigenvalue weighted by Crippen LogP contribution is 2.41. The Hall–Kier alpha value is -3.52. The second kappa shape index (κ2) is 8.31. The van der Waals surface area contributed by atoms with Crippen LogP contribution in [-0.2, 0) is 11.3 Å². The number of nitrogens with zero attached hydrogens (tertiary/aromatic N) is 3. The zero-order valence-corrected chi connectivity index (χ0v) is 18.1. The van der Waals surface area contributed by atoms with Crippen LogP contribution in [0.3, 0.4) is 0 Å². The number of aryl methyl sites for hydroxylation is 2. The predicted octanol–water partition coefficient (Wildman–Crippen LogP) is 3.94. The highest BCUT2D eigenvalue weighted by Gasteiger charge is 2.44. The SMILES string of the molecule is COc1cccc(C2C(C(=O)c3sc(C)nc3C)=C(O)C(=O)N2Cc2ccccn2)c1. The number of rotatable bonds is 6. The molecular weight excluding hydrogens is 414 g/mol. The van der Waals surface area contributed by atoms with Crippen LogP contribution in [0.5, 0.6) is 5.75 Å². The molecule has 0 fully saturated rings. The van der Waals surface area contributed by atoms with E-state index in [1.165, 1.54) is 16.2 Å². The summed E-state index contributed by atoms with van der Waals surface area (Å²) in [4.78, 5) is 37.1. The molecule has 1 N–H and O–H groups in total. The third kappa shape index (κ3) is 3.82. The van der Waals surface area contributed by atoms with E-state index in [1.807, 2.05) is 19.1 Å². The minimum Gasteiger partial charge on any atom is -0.503 e. The van der Waals surface area contributed by atoms with Crippen molar-refractivity contribution in [2.75, 3.05) is 7.11 Å². The van der Waals surface area contributed by atoms with Crippen molar-refractivity contribution in [3.8, 4) is 5.75 Å². The fourth-order valence-electron chi connectivity index (χ4n) is 3.74. The zero-order chi connectivity index (χ0) is 22.1. The molecule has 4 rings (SSSR count). The number of pyridine rings is 1. The fraction of sp³-hybridized carbons (Fsp3) is 0.217. The van der Waals surface area contributed by atoms with E-state index in [2.05, 4.69) is 9.97 Å². The van der Waals surface area contributed by atoms with E-state index >= 15 is 0 Å². The van der Waals surface area contributed by atoms with Crippen molar-refractivity contribution in [2.24, 2.45) is 0 Å². The average Bonchev–Trinajstić information content (AvgIpc) is 3.24. The van der Waals surface area contributed by atoms with Crippen LogP contribution in [0.1, 0.15) is 37.7 Å². The fourth-order valence-corrected chi connectivity index (χ4v) is 4.61. The first-order valence-electron chi connectivity index (χ1n) is 9.67. The molecule has 0 saturated heterocycles. The van der Waals surface area contributed by atoms with Crippen LogP contribution in [-0.4, -0.2) is 38.8 Å². The predicted molar refractivity (Wildman–Crippen MR) is 116 cm³/mol. The van der Waals surface area contributed by atoms with Gasteiger partial charge in [-0.1, -0.05) is 18.2 Å². The molecule has 1 amide bonds. The highest BCUT2D eigenvalue weighted by molar-refractivity contribution is 7.14. The molecule has 31 heavy (non-hydrogen) atoms. The number of aliphatic hydroxyl groups excluding tert-OH is 1. The van der Waals surface area contributed by atoms with Crippen molar-refractivity contribution in [1.29, 1.82) is 0 Å². The van der Waals surface area contributed by atoms with Crippen LogP contribution in [0.25, 0.3) is 0 Å². The van der Waals surface area contributed by atoms with E-state index < -0.39 is 23.5 Å². The molecular formula is C23H21N3O4S. The molecule has 1 atom stereocenters. The van der Waals surface area contributed by atoms with Crippen molar-refractivity contribution in [1.82, 2.24) is 14.9 Å². The third-order valence-corrected chi connectivity index (χ3v) is 6.20. The Morgan fingerprint density at radius 2 is 2.03 bits per heavy atom. The van der Waals surface area contributed by atoms with Gasteiger partial charge in [0, 0.05) is 6.20 Å². The van der Waals surface area contributed by atoms with Crippen LogP contribution in [0.4, 0.5) is 0 Å². The number of methoxy groups -OCH3 is 1. The van der Waals surface area contributed by atoms with Crippen molar-refractivity contribution in [3.63, 3.8) is 0 Å². The molecule has 2 aromatic heterocycles. The Morgan fingerprint density at radius 1 is 1.23 bits per heavy atom. The zero-order valence-electron chi connectivity index (χ0n) is 17.3. The quantitative estimate of drug-likeness (QED) is 0.590. The Labute approximate surface area is 183 Å². The van der Waals surface area contributed by atoms with Gasteiger partial charge in [-0.3, -0.25) is 14.6 Å². The summed E-state index contributed by atoms with van der Waals surface area (Å²) < 4.78 is 5.34. The Kier molecular flexibility index (Phi) is 5.56. The number of aromatic nitrogens is 2. The summed E-state index contributed by atoms with van der Waals surface area (Å²) >= 11 is 1.25. The summed E-state index contributed by atoms with van der Waals surface area (Å²) in [6.07, 6.45) is 1.64. The van der Waals surface area contributed by atoms with Crippen molar-refractivity contribution < 1.29 is 19.4 Å². The number of ether oxygens (including phenoxy) is 1. The molecule has 158 valence electrons. The lowest BCUT2D eigenvalue weighted by Crippen LogP contribution is -2.31. The lowest BCUT2D eigenvalue weighted by atomic mass is 9.95. The van der Waals surface area contributed by atoms with E-state index in [1.54, 1.807) is 50.6 Å². The Morgan fingerprint density at radius 3 is 2.68 bits per heavy atom. The molecule has 0 spiro atoms. The molecule has 0 saturated carbocycles. The van der Waals surface area contributed by atoms with Gasteiger partial charge < -0.3 is 14.7 Å². The number of thiazole rings is 1. The summed E-state index contributed by atoms with van der Waals surface area (Å²) in [6.45, 7) is 3.70. The average molecular weight is 436 g/mol. The first-order valence-corrected chi connectivity index (χ1v) is 10.5. The second-order valence-electron chi connectivity index (χ2n) is 7.17. The maximum atomic E-state index is 13.5. The van der Waals surface area contributed by atoms with Crippen LogP contribution < -0.4 is 4.74 Å². The first kappa shape index (κ1) is 20.7. The molecule has 7 nitrogen and oxygen atoms in total. The Balaban J connectivity index is 1.83. The number of amides is 1. The maximum absolute atomic E-state index is 13.5. The van der Waals surface area contributed by atoms with Gasteiger partial charge in [-0.15, -0.1) is 11.3 Å². The molecule has 1 unspecified atom stereocenters. The van der Waals surface area contributed by atoms with Crippen LogP contribution in [0.2, 0.25) is 0 Å². The van der Waals surface area contributed by atoms with Crippen molar-refractivity contribution >= 4 is 23.0 Å². The number of carbonyl (C=O) groups is 2. The lowest BCUT2D eigenvalue weighted by Gasteiger charge is -2.26. The maximum Gasteiger partial charge on any atom is 0.290 e. The number of hydrogen-bond donors (Lipinski definition) is 1. The number of Topliss-reactive ketones (excluding diaryl/α,β-unsaturated/α-hetero) is 1. The van der Waals surface area contributed by atoms with E-state index in [-0.39, 0.29) is 12.1 Å². The largest absolute Gasteiger partial charge is 0.503 e. The van der Waals surface area contributed by atoms with Gasteiger partial charge in [-0.2, -0.15) is 0 Å². The smallest absolute Gasteiger partial charge is 0.290 e. The third-order valence-electron chi connectivity index (χ3n) is 5.13. The van der Waals surface area contributed by atoms with Gasteiger partial charge >= 0.3 is 0 Å². The van der Waals surface area contributed by atoms with E-state index in [4.69, 9.17) is 4.74 Å². The molecule has 3 heterocycles. The molecule has 3 aromatic rings. The standard InChI is InChI=1S/C23H21N3O4S/c1-13-22(31-14(2)25-13)20(27)18-19(15-7-6-9-17(11-15)30-3)26(23(29)21(18)28)12-16-8-4-5-10-24-16/h4-11,19,28H,12H2,1-3H3. The van der Waals surface area contributed by atoms with Crippen LogP contribution >= 0.6 is 11.3 Å². The first-order chi connectivity index (χ1) is 14.9. The van der Waals surface area contributed by atoms with Gasteiger partial charge in [0.05, 0.1) is 46.5 Å². The molecule has 1 aliphatic heterocycles. The molecule has 0 radical (unpaired) electrons. The van der Waals surface area contributed by atoms with E-state index in [0.29, 0.717) is 27.6 Å². The number of hydrogen-bond acceptors (Lipinski definition) is 7. The summed E-state index contributed by atoms with van der Waals surface area (Å²) in [7, 11) is 1.55. The summed E-state index contributed by atoms with van der Waals surface area (Å²) in [5, 5.41) is 11.5. The Bertz CT molecular complexity index is 1190. The van der Waals surface area contributed by atoms with Crippen molar-refractivity contribution in [2.45, 2.75) is 26.4 Å². The number of benzene rings is 1. The van der Waals surface area contributed by atoms with Gasteiger partial charge in [0.1, 0.15) is 5.75 Å². The van der Waals surface area contributed by atoms with E-state index in [9.17, 15) is 14.7 Å².